The predicted molar refractivity (Wildman–Crippen MR) is 129 cm³/mol. The second-order valence-electron chi connectivity index (χ2n) is 7.53. The van der Waals surface area contributed by atoms with Crippen LogP contribution in [0.3, 0.4) is 0 Å². The Kier molecular flexibility index (Phi) is 5.52. The molecule has 168 valence electrons. The molecule has 9 nitrogen and oxygen atoms in total. The van der Waals surface area contributed by atoms with Crippen LogP contribution in [0.2, 0.25) is 5.02 Å². The number of hydrogen-bond acceptors (Lipinski definition) is 6. The number of hydrogen-bond donors (Lipinski definition) is 2. The second kappa shape index (κ2) is 8.80. The first-order valence-electron chi connectivity index (χ1n) is 10.3. The lowest BCUT2D eigenvalue weighted by atomic mass is 10.0. The number of rotatable bonds is 5. The molecule has 4 aromatic rings. The number of anilines is 2. The van der Waals surface area contributed by atoms with E-state index in [0.717, 1.165) is 16.8 Å². The van der Waals surface area contributed by atoms with Gasteiger partial charge in [0.25, 0.3) is 17.5 Å². The second-order valence-corrected chi connectivity index (χ2v) is 7.97. The molecule has 0 saturated heterocycles. The summed E-state index contributed by atoms with van der Waals surface area (Å²) in [5.41, 5.74) is 2.94. The van der Waals surface area contributed by atoms with Gasteiger partial charge in [-0.15, -0.1) is 5.10 Å². The molecule has 1 atom stereocenters. The third-order valence-electron chi connectivity index (χ3n) is 5.33. The number of nitro benzene ring substituents is 1. The number of nitrogens with zero attached hydrogens (tertiary/aromatic N) is 4. The van der Waals surface area contributed by atoms with Gasteiger partial charge in [0.2, 0.25) is 5.95 Å². The summed E-state index contributed by atoms with van der Waals surface area (Å²) in [6, 6.07) is 22.3. The Bertz CT molecular complexity index is 1400. The molecule has 2 heterocycles. The van der Waals surface area contributed by atoms with E-state index in [-0.39, 0.29) is 23.2 Å². The Labute approximate surface area is 198 Å². The number of non-ortho nitro benzene ring substituents is 1. The van der Waals surface area contributed by atoms with E-state index < -0.39 is 10.8 Å². The quantitative estimate of drug-likeness (QED) is 0.306. The van der Waals surface area contributed by atoms with E-state index in [1.54, 1.807) is 4.68 Å². The van der Waals surface area contributed by atoms with Crippen LogP contribution in [0.5, 0.6) is 0 Å². The van der Waals surface area contributed by atoms with Crippen LogP contribution in [0.4, 0.5) is 17.6 Å². The van der Waals surface area contributed by atoms with E-state index in [0.29, 0.717) is 11.0 Å². The zero-order valence-corrected chi connectivity index (χ0v) is 18.3. The maximum atomic E-state index is 12.7. The number of carbonyl (C=O) groups excluding carboxylic acids is 1. The fraction of sp³-hybridized carbons (Fsp3) is 0.0417. The molecule has 0 spiro atoms. The van der Waals surface area contributed by atoms with Gasteiger partial charge in [0.1, 0.15) is 6.04 Å². The van der Waals surface area contributed by atoms with Gasteiger partial charge in [0, 0.05) is 28.4 Å². The third kappa shape index (κ3) is 4.24. The van der Waals surface area contributed by atoms with Crippen molar-refractivity contribution in [3.8, 4) is 0 Å². The molecule has 34 heavy (non-hydrogen) atoms. The Hall–Kier alpha value is -4.50. The number of amides is 1. The third-order valence-corrected chi connectivity index (χ3v) is 5.58. The van der Waals surface area contributed by atoms with E-state index in [1.807, 2.05) is 60.7 Å². The average molecular weight is 473 g/mol. The summed E-state index contributed by atoms with van der Waals surface area (Å²) in [6.45, 7) is 0. The molecule has 2 N–H and O–H groups in total. The van der Waals surface area contributed by atoms with E-state index in [1.165, 1.54) is 24.3 Å². The molecule has 1 amide bonds. The van der Waals surface area contributed by atoms with Crippen molar-refractivity contribution in [2.75, 3.05) is 10.6 Å². The fourth-order valence-electron chi connectivity index (χ4n) is 3.64. The van der Waals surface area contributed by atoms with Gasteiger partial charge in [-0.3, -0.25) is 20.2 Å². The van der Waals surface area contributed by atoms with Crippen molar-refractivity contribution in [3.05, 3.63) is 117 Å². The number of allylic oxidation sites excluding steroid dienone is 1. The molecule has 3 aromatic carbocycles. The molecule has 1 aliphatic rings. The summed E-state index contributed by atoms with van der Waals surface area (Å²) in [5.74, 6) is 0.0879. The summed E-state index contributed by atoms with van der Waals surface area (Å²) in [4.78, 5) is 27.5. The maximum absolute atomic E-state index is 12.7. The van der Waals surface area contributed by atoms with E-state index >= 15 is 0 Å². The molecule has 1 aliphatic heterocycles. The van der Waals surface area contributed by atoms with E-state index in [9.17, 15) is 14.9 Å². The number of carbonyl (C=O) groups is 1. The van der Waals surface area contributed by atoms with Crippen LogP contribution >= 0.6 is 11.6 Å². The lowest BCUT2D eigenvalue weighted by Gasteiger charge is -2.24. The fourth-order valence-corrected chi connectivity index (χ4v) is 3.76. The molecule has 5 rings (SSSR count). The van der Waals surface area contributed by atoms with Crippen molar-refractivity contribution in [1.82, 2.24) is 14.8 Å². The molecule has 0 aliphatic carbocycles. The molecule has 1 unspecified atom stereocenters. The molecular formula is C24H17ClN6O3. The van der Waals surface area contributed by atoms with Crippen molar-refractivity contribution < 1.29 is 9.72 Å². The highest BCUT2D eigenvalue weighted by Crippen LogP contribution is 2.33. The van der Waals surface area contributed by atoms with Crippen LogP contribution < -0.4 is 10.6 Å². The minimum absolute atomic E-state index is 0.0957. The Morgan fingerprint density at radius 1 is 1.03 bits per heavy atom. The van der Waals surface area contributed by atoms with Crippen LogP contribution in [0.1, 0.15) is 27.5 Å². The minimum atomic E-state index is -0.521. The SMILES string of the molecule is O=C(Nc1nc2n(n1)C(c1ccc(Cl)cc1)C=C(c1ccccc1)N2)c1ccc([N+](=O)[O-])cc1. The van der Waals surface area contributed by atoms with Crippen LogP contribution in [0.25, 0.3) is 5.70 Å². The normalized spacial score (nSPS) is 14.5. The smallest absolute Gasteiger partial charge is 0.269 e. The van der Waals surface area contributed by atoms with Gasteiger partial charge in [-0.1, -0.05) is 54.1 Å². The van der Waals surface area contributed by atoms with Gasteiger partial charge in [0.05, 0.1) is 4.92 Å². The van der Waals surface area contributed by atoms with E-state index in [2.05, 4.69) is 20.7 Å². The lowest BCUT2D eigenvalue weighted by molar-refractivity contribution is -0.384. The molecule has 1 aromatic heterocycles. The van der Waals surface area contributed by atoms with Crippen molar-refractivity contribution in [2.24, 2.45) is 0 Å². The summed E-state index contributed by atoms with van der Waals surface area (Å²) in [6.07, 6.45) is 2.03. The molecule has 0 bridgehead atoms. The van der Waals surface area contributed by atoms with E-state index in [4.69, 9.17) is 11.6 Å². The number of aromatic nitrogens is 3. The predicted octanol–water partition coefficient (Wildman–Crippen LogP) is 5.15. The standard InChI is InChI=1S/C24H17ClN6O3/c25-18-10-6-16(7-11-18)21-14-20(15-4-2-1-3-5-15)26-24-28-23(29-30(21)24)27-22(32)17-8-12-19(13-9-17)31(33)34/h1-14,21H,(H2,26,27,28,29,32). The zero-order chi connectivity index (χ0) is 23.7. The van der Waals surface area contributed by atoms with Crippen molar-refractivity contribution in [2.45, 2.75) is 6.04 Å². The number of halogens is 1. The van der Waals surface area contributed by atoms with Crippen molar-refractivity contribution in [1.29, 1.82) is 0 Å². The average Bonchev–Trinajstić information content (AvgIpc) is 3.27. The van der Waals surface area contributed by atoms with Gasteiger partial charge >= 0.3 is 0 Å². The monoisotopic (exact) mass is 472 g/mol. The highest BCUT2D eigenvalue weighted by atomic mass is 35.5. The van der Waals surface area contributed by atoms with Gasteiger partial charge in [-0.2, -0.15) is 4.98 Å². The minimum Gasteiger partial charge on any atom is -0.324 e. The van der Waals surface area contributed by atoms with Crippen LogP contribution in [-0.2, 0) is 0 Å². The highest BCUT2D eigenvalue weighted by Gasteiger charge is 2.26. The molecule has 0 saturated carbocycles. The Balaban J connectivity index is 1.46. The largest absolute Gasteiger partial charge is 0.324 e. The topological polar surface area (TPSA) is 115 Å². The summed E-state index contributed by atoms with van der Waals surface area (Å²) in [5, 5.41) is 21.9. The number of fused-ring (bicyclic) bond motifs is 1. The number of nitro groups is 1. The number of benzene rings is 3. The summed E-state index contributed by atoms with van der Waals surface area (Å²) < 4.78 is 1.68. The van der Waals surface area contributed by atoms with Crippen LogP contribution in [0.15, 0.2) is 84.9 Å². The molecule has 0 fully saturated rings. The Morgan fingerprint density at radius 3 is 2.41 bits per heavy atom. The first-order valence-corrected chi connectivity index (χ1v) is 10.7. The zero-order valence-electron chi connectivity index (χ0n) is 17.6. The molecule has 10 heteroatoms. The summed E-state index contributed by atoms with van der Waals surface area (Å²) in [7, 11) is 0. The van der Waals surface area contributed by atoms with Gasteiger partial charge in [-0.25, -0.2) is 4.68 Å². The molecular weight excluding hydrogens is 456 g/mol. The van der Waals surface area contributed by atoms with Crippen molar-refractivity contribution in [3.63, 3.8) is 0 Å². The van der Waals surface area contributed by atoms with Crippen molar-refractivity contribution >= 4 is 40.8 Å². The summed E-state index contributed by atoms with van der Waals surface area (Å²) >= 11 is 6.07. The Morgan fingerprint density at radius 2 is 1.74 bits per heavy atom. The van der Waals surface area contributed by atoms with Crippen LogP contribution in [-0.4, -0.2) is 25.6 Å². The lowest BCUT2D eigenvalue weighted by Crippen LogP contribution is -2.20. The first-order chi connectivity index (χ1) is 16.5. The number of nitrogens with one attached hydrogen (secondary N) is 2. The molecule has 0 radical (unpaired) electrons. The van der Waals surface area contributed by atoms with Gasteiger partial charge in [0.15, 0.2) is 0 Å². The maximum Gasteiger partial charge on any atom is 0.269 e. The highest BCUT2D eigenvalue weighted by molar-refractivity contribution is 6.30. The van der Waals surface area contributed by atoms with Crippen LogP contribution in [0, 0.1) is 10.1 Å². The van der Waals surface area contributed by atoms with Gasteiger partial charge < -0.3 is 5.32 Å². The first kappa shape index (κ1) is 21.4. The van der Waals surface area contributed by atoms with Gasteiger partial charge in [-0.05, 0) is 41.5 Å².